The Morgan fingerprint density at radius 3 is 2.56 bits per heavy atom. The molecule has 142 valence electrons. The van der Waals surface area contributed by atoms with Crippen molar-refractivity contribution in [3.8, 4) is 5.75 Å². The Kier molecular flexibility index (Phi) is 6.48. The number of ether oxygens (including phenoxy) is 2. The van der Waals surface area contributed by atoms with Crippen LogP contribution in [0, 0.1) is 17.0 Å². The van der Waals surface area contributed by atoms with Crippen LogP contribution in [0.5, 0.6) is 5.75 Å². The standard InChI is InChI=1S/C19H20N2O6/c1-12-7-6-9-15(21(24)25)17(12)19(23)27-13(2)18(22)20-11-14-8-4-5-10-16(14)26-3/h4-10,13H,11H2,1-3H3,(H,20,22). The number of nitro groups is 1. The summed E-state index contributed by atoms with van der Waals surface area (Å²) in [6, 6.07) is 11.4. The Bertz CT molecular complexity index is 865. The van der Waals surface area contributed by atoms with E-state index in [0.717, 1.165) is 5.56 Å². The molecule has 0 saturated carbocycles. The Labute approximate surface area is 156 Å². The lowest BCUT2D eigenvalue weighted by Gasteiger charge is -2.15. The Morgan fingerprint density at radius 2 is 1.89 bits per heavy atom. The predicted molar refractivity (Wildman–Crippen MR) is 97.6 cm³/mol. The van der Waals surface area contributed by atoms with Crippen molar-refractivity contribution >= 4 is 17.6 Å². The molecule has 0 aliphatic heterocycles. The number of amides is 1. The zero-order valence-corrected chi connectivity index (χ0v) is 15.2. The van der Waals surface area contributed by atoms with Crippen molar-refractivity contribution in [3.63, 3.8) is 0 Å². The van der Waals surface area contributed by atoms with Crippen molar-refractivity contribution in [2.45, 2.75) is 26.5 Å². The summed E-state index contributed by atoms with van der Waals surface area (Å²) in [4.78, 5) is 35.0. The van der Waals surface area contributed by atoms with Crippen LogP contribution >= 0.6 is 0 Å². The highest BCUT2D eigenvalue weighted by molar-refractivity contribution is 5.97. The summed E-state index contributed by atoms with van der Waals surface area (Å²) in [6.07, 6.45) is -1.12. The van der Waals surface area contributed by atoms with Crippen LogP contribution in [-0.2, 0) is 16.1 Å². The third kappa shape index (κ3) is 4.81. The maximum Gasteiger partial charge on any atom is 0.346 e. The quantitative estimate of drug-likeness (QED) is 0.455. The van der Waals surface area contributed by atoms with Crippen molar-refractivity contribution < 1.29 is 24.0 Å². The first kappa shape index (κ1) is 19.9. The maximum atomic E-state index is 12.4. The second kappa shape index (κ2) is 8.79. The van der Waals surface area contributed by atoms with Crippen molar-refractivity contribution in [3.05, 3.63) is 69.3 Å². The van der Waals surface area contributed by atoms with E-state index in [2.05, 4.69) is 5.32 Å². The monoisotopic (exact) mass is 372 g/mol. The number of para-hydroxylation sites is 1. The van der Waals surface area contributed by atoms with Crippen LogP contribution in [0.4, 0.5) is 5.69 Å². The number of benzene rings is 2. The van der Waals surface area contributed by atoms with Gasteiger partial charge < -0.3 is 14.8 Å². The smallest absolute Gasteiger partial charge is 0.346 e. The highest BCUT2D eigenvalue weighted by atomic mass is 16.6. The fourth-order valence-corrected chi connectivity index (χ4v) is 2.52. The lowest BCUT2D eigenvalue weighted by atomic mass is 10.1. The van der Waals surface area contributed by atoms with Crippen LogP contribution in [0.2, 0.25) is 0 Å². The third-order valence-electron chi connectivity index (χ3n) is 3.95. The van der Waals surface area contributed by atoms with E-state index in [4.69, 9.17) is 9.47 Å². The third-order valence-corrected chi connectivity index (χ3v) is 3.95. The molecule has 1 unspecified atom stereocenters. The van der Waals surface area contributed by atoms with Gasteiger partial charge >= 0.3 is 5.97 Å². The highest BCUT2D eigenvalue weighted by Crippen LogP contribution is 2.23. The molecule has 1 amide bonds. The molecule has 1 atom stereocenters. The predicted octanol–water partition coefficient (Wildman–Crippen LogP) is 2.77. The molecule has 0 aromatic heterocycles. The Balaban J connectivity index is 2.04. The van der Waals surface area contributed by atoms with E-state index >= 15 is 0 Å². The summed E-state index contributed by atoms with van der Waals surface area (Å²) in [6.45, 7) is 3.16. The van der Waals surface area contributed by atoms with E-state index in [1.807, 2.05) is 12.1 Å². The number of hydrogen-bond donors (Lipinski definition) is 1. The van der Waals surface area contributed by atoms with Gasteiger partial charge in [-0.15, -0.1) is 0 Å². The van der Waals surface area contributed by atoms with E-state index < -0.39 is 22.9 Å². The SMILES string of the molecule is COc1ccccc1CNC(=O)C(C)OC(=O)c1c(C)cccc1[N+](=O)[O-]. The second-order valence-electron chi connectivity index (χ2n) is 5.80. The van der Waals surface area contributed by atoms with Crippen molar-refractivity contribution in [1.29, 1.82) is 0 Å². The molecule has 0 bridgehead atoms. The van der Waals surface area contributed by atoms with Gasteiger partial charge in [0.15, 0.2) is 6.10 Å². The lowest BCUT2D eigenvalue weighted by Crippen LogP contribution is -2.35. The maximum absolute atomic E-state index is 12.4. The van der Waals surface area contributed by atoms with Gasteiger partial charge in [-0.25, -0.2) is 4.79 Å². The van der Waals surface area contributed by atoms with Gasteiger partial charge in [0.2, 0.25) is 0 Å². The number of esters is 1. The zero-order chi connectivity index (χ0) is 20.0. The molecule has 8 nitrogen and oxygen atoms in total. The minimum Gasteiger partial charge on any atom is -0.496 e. The van der Waals surface area contributed by atoms with Gasteiger partial charge in [0, 0.05) is 18.2 Å². The molecule has 27 heavy (non-hydrogen) atoms. The molecule has 0 radical (unpaired) electrons. The largest absolute Gasteiger partial charge is 0.496 e. The number of rotatable bonds is 7. The zero-order valence-electron chi connectivity index (χ0n) is 15.2. The summed E-state index contributed by atoms with van der Waals surface area (Å²) < 4.78 is 10.3. The van der Waals surface area contributed by atoms with Crippen LogP contribution < -0.4 is 10.1 Å². The summed E-state index contributed by atoms with van der Waals surface area (Å²) in [5, 5.41) is 13.8. The van der Waals surface area contributed by atoms with E-state index in [-0.39, 0.29) is 17.8 Å². The number of carbonyl (C=O) groups is 2. The van der Waals surface area contributed by atoms with Gasteiger partial charge in [-0.2, -0.15) is 0 Å². The lowest BCUT2D eigenvalue weighted by molar-refractivity contribution is -0.385. The fraction of sp³-hybridized carbons (Fsp3) is 0.263. The van der Waals surface area contributed by atoms with Gasteiger partial charge in [-0.1, -0.05) is 30.3 Å². The van der Waals surface area contributed by atoms with E-state index in [1.165, 1.54) is 26.2 Å². The number of methoxy groups -OCH3 is 1. The summed E-state index contributed by atoms with van der Waals surface area (Å²) in [5.74, 6) is -0.816. The van der Waals surface area contributed by atoms with Gasteiger partial charge in [0.05, 0.1) is 12.0 Å². The second-order valence-corrected chi connectivity index (χ2v) is 5.80. The molecule has 1 N–H and O–H groups in total. The van der Waals surface area contributed by atoms with Gasteiger partial charge in [0.25, 0.3) is 11.6 Å². The van der Waals surface area contributed by atoms with Gasteiger partial charge in [-0.05, 0) is 25.5 Å². The number of hydrogen-bond acceptors (Lipinski definition) is 6. The summed E-state index contributed by atoms with van der Waals surface area (Å²) >= 11 is 0. The normalized spacial score (nSPS) is 11.4. The van der Waals surface area contributed by atoms with Gasteiger partial charge in [0.1, 0.15) is 11.3 Å². The average Bonchev–Trinajstić information content (AvgIpc) is 2.65. The molecule has 0 aliphatic rings. The first-order valence-electron chi connectivity index (χ1n) is 8.19. The summed E-state index contributed by atoms with van der Waals surface area (Å²) in [7, 11) is 1.53. The molecule has 0 heterocycles. The summed E-state index contributed by atoms with van der Waals surface area (Å²) in [5.41, 5.74) is 0.644. The van der Waals surface area contributed by atoms with Crippen molar-refractivity contribution in [1.82, 2.24) is 5.32 Å². The first-order valence-corrected chi connectivity index (χ1v) is 8.19. The molecular weight excluding hydrogens is 352 g/mol. The molecule has 2 aromatic carbocycles. The molecule has 0 aliphatic carbocycles. The molecule has 2 rings (SSSR count). The first-order chi connectivity index (χ1) is 12.8. The Morgan fingerprint density at radius 1 is 1.19 bits per heavy atom. The average molecular weight is 372 g/mol. The van der Waals surface area contributed by atoms with Crippen LogP contribution in [-0.4, -0.2) is 30.0 Å². The van der Waals surface area contributed by atoms with Gasteiger partial charge in [-0.3, -0.25) is 14.9 Å². The van der Waals surface area contributed by atoms with E-state index in [9.17, 15) is 19.7 Å². The van der Waals surface area contributed by atoms with Crippen molar-refractivity contribution in [2.24, 2.45) is 0 Å². The molecule has 0 spiro atoms. The fourth-order valence-electron chi connectivity index (χ4n) is 2.52. The molecular formula is C19H20N2O6. The number of carbonyl (C=O) groups excluding carboxylic acids is 2. The van der Waals surface area contributed by atoms with Crippen molar-refractivity contribution in [2.75, 3.05) is 7.11 Å². The minimum atomic E-state index is -1.12. The number of nitrogens with zero attached hydrogens (tertiary/aromatic N) is 1. The van der Waals surface area contributed by atoms with E-state index in [1.54, 1.807) is 25.1 Å². The van der Waals surface area contributed by atoms with Crippen LogP contribution in [0.1, 0.15) is 28.4 Å². The number of nitrogens with one attached hydrogen (secondary N) is 1. The van der Waals surface area contributed by atoms with Crippen LogP contribution in [0.3, 0.4) is 0 Å². The van der Waals surface area contributed by atoms with Crippen LogP contribution in [0.15, 0.2) is 42.5 Å². The molecule has 0 fully saturated rings. The molecule has 0 saturated heterocycles. The molecule has 2 aromatic rings. The van der Waals surface area contributed by atoms with Crippen LogP contribution in [0.25, 0.3) is 0 Å². The highest BCUT2D eigenvalue weighted by Gasteiger charge is 2.27. The van der Waals surface area contributed by atoms with E-state index in [0.29, 0.717) is 11.3 Å². The number of nitro benzene ring substituents is 1. The topological polar surface area (TPSA) is 108 Å². The number of aryl methyl sites for hydroxylation is 1. The minimum absolute atomic E-state index is 0.160. The Hall–Kier alpha value is -3.42. The molecule has 8 heteroatoms.